The van der Waals surface area contributed by atoms with Gasteiger partial charge in [-0.2, -0.15) is 0 Å². The Balaban J connectivity index is 1.76. The lowest BCUT2D eigenvalue weighted by atomic mass is 10.2. The average molecular weight is 367 g/mol. The molecule has 0 saturated carbocycles. The minimum Gasteiger partial charge on any atom is -0.444 e. The number of nitrogens with zero attached hydrogens (tertiary/aromatic N) is 1. The lowest BCUT2D eigenvalue weighted by molar-refractivity contribution is -0.124. The molecule has 1 aliphatic rings. The van der Waals surface area contributed by atoms with E-state index in [0.717, 1.165) is 6.42 Å². The maximum absolute atomic E-state index is 12.5. The number of nitrogens with one attached hydrogen (secondary N) is 2. The third-order valence-corrected chi connectivity index (χ3v) is 4.50. The van der Waals surface area contributed by atoms with E-state index >= 15 is 0 Å². The van der Waals surface area contributed by atoms with Crippen molar-refractivity contribution in [3.63, 3.8) is 0 Å². The van der Waals surface area contributed by atoms with E-state index in [2.05, 4.69) is 10.6 Å². The van der Waals surface area contributed by atoms with Crippen LogP contribution in [0.1, 0.15) is 43.3 Å². The Morgan fingerprint density at radius 3 is 2.64 bits per heavy atom. The summed E-state index contributed by atoms with van der Waals surface area (Å²) in [5.41, 5.74) is -0.556. The van der Waals surface area contributed by atoms with Crippen LogP contribution in [0.25, 0.3) is 0 Å². The first-order chi connectivity index (χ1) is 11.8. The molecule has 2 N–H and O–H groups in total. The molecule has 8 heteroatoms. The summed E-state index contributed by atoms with van der Waals surface area (Å²) in [7, 11) is 0. The van der Waals surface area contributed by atoms with Crippen molar-refractivity contribution in [1.82, 2.24) is 15.5 Å². The fraction of sp³-hybridized carbons (Fsp3) is 0.588. The van der Waals surface area contributed by atoms with Gasteiger partial charge in [-0.1, -0.05) is 6.07 Å². The molecular formula is C17H25N3O4S. The van der Waals surface area contributed by atoms with E-state index in [9.17, 15) is 14.4 Å². The summed E-state index contributed by atoms with van der Waals surface area (Å²) in [6, 6.07) is 3.15. The zero-order chi connectivity index (χ0) is 18.4. The number of rotatable bonds is 5. The minimum atomic E-state index is -0.556. The van der Waals surface area contributed by atoms with Gasteiger partial charge < -0.3 is 20.3 Å². The Morgan fingerprint density at radius 1 is 1.28 bits per heavy atom. The van der Waals surface area contributed by atoms with Gasteiger partial charge in [0.05, 0.1) is 4.88 Å². The van der Waals surface area contributed by atoms with E-state index in [1.807, 2.05) is 11.4 Å². The van der Waals surface area contributed by atoms with Crippen molar-refractivity contribution in [1.29, 1.82) is 0 Å². The first kappa shape index (κ1) is 19.2. The molecule has 3 amide bonds. The molecule has 0 aromatic carbocycles. The molecule has 1 aromatic rings. The molecular weight excluding hydrogens is 342 g/mol. The number of alkyl carbamates (subject to hydrolysis) is 1. The lowest BCUT2D eigenvalue weighted by Crippen LogP contribution is -2.47. The molecule has 0 bridgehead atoms. The number of hydrogen-bond acceptors (Lipinski definition) is 5. The number of carbonyl (C=O) groups is 3. The van der Waals surface area contributed by atoms with Gasteiger partial charge in [-0.25, -0.2) is 4.79 Å². The van der Waals surface area contributed by atoms with Crippen LogP contribution in [0.5, 0.6) is 0 Å². The van der Waals surface area contributed by atoms with Crippen molar-refractivity contribution in [2.75, 3.05) is 19.6 Å². The van der Waals surface area contributed by atoms with Crippen LogP contribution in [0, 0.1) is 0 Å². The topological polar surface area (TPSA) is 87.7 Å². The monoisotopic (exact) mass is 367 g/mol. The average Bonchev–Trinajstić information content (AvgIpc) is 3.19. The Kier molecular flexibility index (Phi) is 6.41. The molecule has 138 valence electrons. The Hall–Kier alpha value is -2.09. The maximum atomic E-state index is 12.5. The summed E-state index contributed by atoms with van der Waals surface area (Å²) in [6.07, 6.45) is 0.950. The van der Waals surface area contributed by atoms with Crippen LogP contribution < -0.4 is 10.6 Å². The van der Waals surface area contributed by atoms with Gasteiger partial charge in [-0.15, -0.1) is 11.3 Å². The van der Waals surface area contributed by atoms with Gasteiger partial charge in [0.1, 0.15) is 11.6 Å². The molecule has 1 aliphatic heterocycles. The Labute approximate surface area is 151 Å². The summed E-state index contributed by atoms with van der Waals surface area (Å²) in [6.45, 7) is 6.50. The third-order valence-electron chi connectivity index (χ3n) is 3.64. The molecule has 0 radical (unpaired) electrons. The summed E-state index contributed by atoms with van der Waals surface area (Å²) in [5.74, 6) is -0.284. The predicted octanol–water partition coefficient (Wildman–Crippen LogP) is 1.99. The predicted molar refractivity (Wildman–Crippen MR) is 95.6 cm³/mol. The first-order valence-electron chi connectivity index (χ1n) is 8.37. The number of amides is 3. The van der Waals surface area contributed by atoms with Crippen LogP contribution in [0.4, 0.5) is 4.79 Å². The van der Waals surface area contributed by atoms with Crippen molar-refractivity contribution in [3.05, 3.63) is 22.4 Å². The first-order valence-corrected chi connectivity index (χ1v) is 9.25. The second kappa shape index (κ2) is 8.33. The summed E-state index contributed by atoms with van der Waals surface area (Å²) >= 11 is 1.38. The normalized spacial score (nSPS) is 17.2. The van der Waals surface area contributed by atoms with E-state index in [1.54, 1.807) is 31.7 Å². The molecule has 0 unspecified atom stereocenters. The molecule has 7 nitrogen and oxygen atoms in total. The Bertz CT molecular complexity index is 610. The number of ether oxygens (including phenoxy) is 1. The highest BCUT2D eigenvalue weighted by Crippen LogP contribution is 2.22. The fourth-order valence-corrected chi connectivity index (χ4v) is 3.29. The van der Waals surface area contributed by atoms with Crippen LogP contribution in [-0.2, 0) is 9.53 Å². The van der Waals surface area contributed by atoms with Gasteiger partial charge in [-0.3, -0.25) is 9.59 Å². The highest BCUT2D eigenvalue weighted by Gasteiger charge is 2.34. The standard InChI is InChI=1S/C17H25N3O4S/c1-17(2,3)24-16(23)19-9-8-18-14(21)12-6-4-10-20(12)15(22)13-7-5-11-25-13/h5,7,11-12H,4,6,8-10H2,1-3H3,(H,18,21)(H,19,23)/t12-/m0/s1. The van der Waals surface area contributed by atoms with Gasteiger partial charge in [0.2, 0.25) is 5.91 Å². The van der Waals surface area contributed by atoms with E-state index in [0.29, 0.717) is 17.8 Å². The van der Waals surface area contributed by atoms with Gasteiger partial charge in [-0.05, 0) is 45.1 Å². The van der Waals surface area contributed by atoms with Gasteiger partial charge in [0.25, 0.3) is 5.91 Å². The third kappa shape index (κ3) is 5.74. The number of likely N-dealkylation sites (tertiary alicyclic amines) is 1. The molecule has 1 saturated heterocycles. The number of thiophene rings is 1. The number of carbonyl (C=O) groups excluding carboxylic acids is 3. The molecule has 0 aliphatic carbocycles. The van der Waals surface area contributed by atoms with E-state index in [4.69, 9.17) is 4.74 Å². The zero-order valence-electron chi connectivity index (χ0n) is 14.8. The largest absolute Gasteiger partial charge is 0.444 e. The number of hydrogen-bond donors (Lipinski definition) is 2. The lowest BCUT2D eigenvalue weighted by Gasteiger charge is -2.23. The SMILES string of the molecule is CC(C)(C)OC(=O)NCCNC(=O)[C@@H]1CCCN1C(=O)c1cccs1. The van der Waals surface area contributed by atoms with Crippen LogP contribution in [0.3, 0.4) is 0 Å². The molecule has 0 spiro atoms. The van der Waals surface area contributed by atoms with Crippen LogP contribution in [-0.4, -0.2) is 54.1 Å². The highest BCUT2D eigenvalue weighted by molar-refractivity contribution is 7.12. The fourth-order valence-electron chi connectivity index (χ4n) is 2.61. The van der Waals surface area contributed by atoms with Crippen molar-refractivity contribution in [2.24, 2.45) is 0 Å². The van der Waals surface area contributed by atoms with Crippen molar-refractivity contribution < 1.29 is 19.1 Å². The minimum absolute atomic E-state index is 0.0977. The van der Waals surface area contributed by atoms with Crippen LogP contribution in [0.2, 0.25) is 0 Å². The molecule has 25 heavy (non-hydrogen) atoms. The van der Waals surface area contributed by atoms with E-state index in [-0.39, 0.29) is 24.9 Å². The van der Waals surface area contributed by atoms with Crippen LogP contribution >= 0.6 is 11.3 Å². The quantitative estimate of drug-likeness (QED) is 0.779. The van der Waals surface area contributed by atoms with Crippen molar-refractivity contribution in [3.8, 4) is 0 Å². The van der Waals surface area contributed by atoms with Gasteiger partial charge in [0, 0.05) is 19.6 Å². The van der Waals surface area contributed by atoms with E-state index < -0.39 is 17.7 Å². The molecule has 2 heterocycles. The summed E-state index contributed by atoms with van der Waals surface area (Å²) in [4.78, 5) is 38.6. The Morgan fingerprint density at radius 2 is 2.00 bits per heavy atom. The van der Waals surface area contributed by atoms with Crippen molar-refractivity contribution in [2.45, 2.75) is 45.3 Å². The van der Waals surface area contributed by atoms with E-state index in [1.165, 1.54) is 11.3 Å². The second-order valence-corrected chi connectivity index (χ2v) is 7.80. The molecule has 1 fully saturated rings. The van der Waals surface area contributed by atoms with Gasteiger partial charge in [0.15, 0.2) is 0 Å². The maximum Gasteiger partial charge on any atom is 0.407 e. The zero-order valence-corrected chi connectivity index (χ0v) is 15.6. The highest BCUT2D eigenvalue weighted by atomic mass is 32.1. The van der Waals surface area contributed by atoms with Gasteiger partial charge >= 0.3 is 6.09 Å². The molecule has 2 rings (SSSR count). The second-order valence-electron chi connectivity index (χ2n) is 6.85. The smallest absolute Gasteiger partial charge is 0.407 e. The van der Waals surface area contributed by atoms with Crippen molar-refractivity contribution >= 4 is 29.2 Å². The molecule has 1 atom stereocenters. The van der Waals surface area contributed by atoms with Crippen LogP contribution in [0.15, 0.2) is 17.5 Å². The summed E-state index contributed by atoms with van der Waals surface area (Å²) < 4.78 is 5.12. The molecule has 1 aromatic heterocycles. The summed E-state index contributed by atoms with van der Waals surface area (Å²) in [5, 5.41) is 7.21.